The molecule has 0 N–H and O–H groups in total. The van der Waals surface area contributed by atoms with Gasteiger partial charge in [0.25, 0.3) is 0 Å². The van der Waals surface area contributed by atoms with Crippen molar-refractivity contribution in [1.82, 2.24) is 5.16 Å². The standard InChI is InChI=1S/C33H48N2O3P2/c1-27(2)11-13-32(19-34)14-12-31(7)30(6)10-9-21-28(3,4)25-20(18-35-38-25)16-29(21,5)22(30)15-24-33(31,23(32)17-27)37-26(36-24)40(8)39/h15,18,21,23-24,26H,9-14,16-17,39H2,1-8H3/t21-,23+,24+,26?,29-,30+,31-,32+,33+,40?/m0/s1. The molecule has 0 aromatic carbocycles. The highest BCUT2D eigenvalue weighted by molar-refractivity contribution is 8.13. The van der Waals surface area contributed by atoms with Crippen LogP contribution in [0.4, 0.5) is 0 Å². The van der Waals surface area contributed by atoms with Gasteiger partial charge in [0.05, 0.1) is 17.7 Å². The molecule has 6 aliphatic rings. The minimum absolute atomic E-state index is 0.0147. The molecule has 1 aliphatic heterocycles. The van der Waals surface area contributed by atoms with E-state index < -0.39 is 13.2 Å². The van der Waals surface area contributed by atoms with E-state index in [2.05, 4.69) is 81.4 Å². The summed E-state index contributed by atoms with van der Waals surface area (Å²) in [7, 11) is 2.47. The van der Waals surface area contributed by atoms with Crippen molar-refractivity contribution in [1.29, 1.82) is 5.26 Å². The molecule has 1 aromatic heterocycles. The topological polar surface area (TPSA) is 68.3 Å². The molecule has 1 saturated heterocycles. The molecule has 1 spiro atoms. The van der Waals surface area contributed by atoms with E-state index in [4.69, 9.17) is 14.0 Å². The molecule has 7 rings (SSSR count). The van der Waals surface area contributed by atoms with Crippen LogP contribution in [0.15, 0.2) is 22.4 Å². The Morgan fingerprint density at radius 1 is 1.02 bits per heavy atom. The second-order valence-corrected chi connectivity index (χ2v) is 20.7. The van der Waals surface area contributed by atoms with E-state index in [-0.39, 0.29) is 50.5 Å². The lowest BCUT2D eigenvalue weighted by atomic mass is 9.32. The summed E-state index contributed by atoms with van der Waals surface area (Å²) in [6.45, 7) is 19.4. The Hall–Kier alpha value is -0.780. The normalized spacial score (nSPS) is 50.5. The Balaban J connectivity index is 1.46. The zero-order valence-corrected chi connectivity index (χ0v) is 27.8. The second-order valence-electron chi connectivity index (χ2n) is 16.5. The third-order valence-electron chi connectivity index (χ3n) is 13.8. The van der Waals surface area contributed by atoms with E-state index in [0.717, 1.165) is 57.1 Å². The molecule has 40 heavy (non-hydrogen) atoms. The van der Waals surface area contributed by atoms with Crippen LogP contribution in [0, 0.1) is 50.2 Å². The van der Waals surface area contributed by atoms with Gasteiger partial charge in [0.1, 0.15) is 17.5 Å². The third kappa shape index (κ3) is 3.11. The largest absolute Gasteiger partial charge is 0.361 e. The highest BCUT2D eigenvalue weighted by atomic mass is 32.0. The van der Waals surface area contributed by atoms with E-state index >= 15 is 0 Å². The summed E-state index contributed by atoms with van der Waals surface area (Å²) in [5, 5.41) is 15.1. The lowest BCUT2D eigenvalue weighted by Crippen LogP contribution is -2.74. The van der Waals surface area contributed by atoms with Crippen LogP contribution in [0.2, 0.25) is 0 Å². The number of hydrogen-bond donors (Lipinski definition) is 0. The van der Waals surface area contributed by atoms with Crippen molar-refractivity contribution in [3.63, 3.8) is 0 Å². The molecular weight excluding hydrogens is 534 g/mol. The SMILES string of the molecule is CP(P)C1O[C@@H]2C=C3[C@@]4(C)Cc5cnoc5C(C)(C)[C@@H]4CC[C@@]3(C)[C@]3(C)CC[C@@]4(C#N)CCC(C)(C)C[C@H]4[C@@]23O1. The Morgan fingerprint density at radius 3 is 2.45 bits per heavy atom. The van der Waals surface area contributed by atoms with Crippen LogP contribution in [0.3, 0.4) is 0 Å². The number of nitrogens with zero attached hydrogens (tertiary/aromatic N) is 2. The average molecular weight is 583 g/mol. The van der Waals surface area contributed by atoms with Gasteiger partial charge in [-0.25, -0.2) is 0 Å². The highest BCUT2D eigenvalue weighted by Gasteiger charge is 2.79. The smallest absolute Gasteiger partial charge is 0.180 e. The van der Waals surface area contributed by atoms with Crippen molar-refractivity contribution in [2.75, 3.05) is 6.66 Å². The van der Waals surface area contributed by atoms with Crippen LogP contribution in [-0.4, -0.2) is 29.6 Å². The van der Waals surface area contributed by atoms with Crippen LogP contribution >= 0.6 is 16.5 Å². The Labute approximate surface area is 244 Å². The van der Waals surface area contributed by atoms with Crippen LogP contribution in [-0.2, 0) is 21.3 Å². The van der Waals surface area contributed by atoms with Gasteiger partial charge < -0.3 is 14.0 Å². The summed E-state index contributed by atoms with van der Waals surface area (Å²) in [5.74, 6) is 1.71. The molecule has 5 nitrogen and oxygen atoms in total. The van der Waals surface area contributed by atoms with Crippen molar-refractivity contribution in [3.8, 4) is 6.07 Å². The van der Waals surface area contributed by atoms with Gasteiger partial charge in [-0.3, -0.25) is 0 Å². The Morgan fingerprint density at radius 2 is 1.75 bits per heavy atom. The number of ether oxygens (including phenoxy) is 2. The second kappa shape index (κ2) is 8.23. The summed E-state index contributed by atoms with van der Waals surface area (Å²) in [4.78, 5) is 0. The monoisotopic (exact) mass is 582 g/mol. The summed E-state index contributed by atoms with van der Waals surface area (Å²) in [6.07, 6.45) is 12.7. The number of aromatic nitrogens is 1. The van der Waals surface area contributed by atoms with Crippen LogP contribution in [0.1, 0.15) is 105 Å². The quantitative estimate of drug-likeness (QED) is 0.246. The van der Waals surface area contributed by atoms with Gasteiger partial charge in [-0.1, -0.05) is 65.3 Å². The predicted molar refractivity (Wildman–Crippen MR) is 162 cm³/mol. The molecule has 218 valence electrons. The highest BCUT2D eigenvalue weighted by Crippen LogP contribution is 2.79. The van der Waals surface area contributed by atoms with Gasteiger partial charge in [0, 0.05) is 22.3 Å². The molecule has 2 heterocycles. The van der Waals surface area contributed by atoms with Crippen LogP contribution in [0.25, 0.3) is 0 Å². The average Bonchev–Trinajstić information content (AvgIpc) is 3.50. The first-order chi connectivity index (χ1) is 18.6. The third-order valence-corrected chi connectivity index (χ3v) is 15.4. The molecule has 11 atom stereocenters. The molecule has 3 saturated carbocycles. The molecule has 5 aliphatic carbocycles. The first kappa shape index (κ1) is 28.0. The lowest BCUT2D eigenvalue weighted by Gasteiger charge is -2.73. The fourth-order valence-corrected chi connectivity index (χ4v) is 12.7. The van der Waals surface area contributed by atoms with Crippen LogP contribution < -0.4 is 0 Å². The van der Waals surface area contributed by atoms with Gasteiger partial charge in [0.2, 0.25) is 0 Å². The number of rotatable bonds is 1. The number of fused-ring (bicyclic) bond motifs is 6. The van der Waals surface area contributed by atoms with Gasteiger partial charge >= 0.3 is 0 Å². The molecule has 1 aromatic rings. The van der Waals surface area contributed by atoms with Gasteiger partial charge in [0.15, 0.2) is 6.03 Å². The summed E-state index contributed by atoms with van der Waals surface area (Å²) in [5.41, 5.74) is 1.92. The van der Waals surface area contributed by atoms with E-state index in [1.54, 1.807) is 5.57 Å². The number of hydrogen-bond acceptors (Lipinski definition) is 5. The first-order valence-corrected chi connectivity index (χ1v) is 19.0. The molecule has 3 unspecified atom stereocenters. The zero-order valence-electron chi connectivity index (χ0n) is 25.8. The summed E-state index contributed by atoms with van der Waals surface area (Å²) < 4.78 is 20.4. The molecule has 0 bridgehead atoms. The van der Waals surface area contributed by atoms with Crippen molar-refractivity contribution >= 4 is 16.5 Å². The van der Waals surface area contributed by atoms with Gasteiger partial charge in [-0.15, -0.1) is 8.93 Å². The minimum atomic E-state index is -0.538. The van der Waals surface area contributed by atoms with Gasteiger partial charge in [-0.2, -0.15) is 5.26 Å². The van der Waals surface area contributed by atoms with Crippen molar-refractivity contribution in [3.05, 3.63) is 29.2 Å². The Kier molecular flexibility index (Phi) is 5.76. The zero-order chi connectivity index (χ0) is 28.7. The maximum atomic E-state index is 10.9. The summed E-state index contributed by atoms with van der Waals surface area (Å²) >= 11 is 0. The van der Waals surface area contributed by atoms with Gasteiger partial charge in [-0.05, 0) is 87.8 Å². The predicted octanol–water partition coefficient (Wildman–Crippen LogP) is 8.35. The lowest BCUT2D eigenvalue weighted by molar-refractivity contribution is -0.257. The minimum Gasteiger partial charge on any atom is -0.361 e. The maximum Gasteiger partial charge on any atom is 0.180 e. The molecule has 0 radical (unpaired) electrons. The Bertz CT molecular complexity index is 1330. The number of nitriles is 1. The van der Waals surface area contributed by atoms with Crippen molar-refractivity contribution in [2.24, 2.45) is 38.9 Å². The fraction of sp³-hybridized carbons (Fsp3) is 0.818. The fourth-order valence-electron chi connectivity index (χ4n) is 11.6. The number of allylic oxidation sites excluding steroid dienone is 1. The molecule has 4 fully saturated rings. The summed E-state index contributed by atoms with van der Waals surface area (Å²) in [6, 6.07) is 2.72. The molecule has 7 heteroatoms. The van der Waals surface area contributed by atoms with E-state index in [9.17, 15) is 5.26 Å². The van der Waals surface area contributed by atoms with Crippen molar-refractivity contribution < 1.29 is 14.0 Å². The van der Waals surface area contributed by atoms with E-state index in [1.165, 1.54) is 5.56 Å². The van der Waals surface area contributed by atoms with E-state index in [1.807, 2.05) is 6.20 Å². The maximum absolute atomic E-state index is 10.9. The van der Waals surface area contributed by atoms with Crippen molar-refractivity contribution in [2.45, 2.75) is 123 Å². The molecular formula is C33H48N2O3P2. The van der Waals surface area contributed by atoms with E-state index in [0.29, 0.717) is 5.92 Å². The first-order valence-electron chi connectivity index (χ1n) is 15.5. The van der Waals surface area contributed by atoms with Crippen LogP contribution in [0.5, 0.6) is 0 Å². The molecule has 0 amide bonds.